The molecule has 2 fully saturated rings. The van der Waals surface area contributed by atoms with E-state index >= 15 is 0 Å². The number of fused-ring (bicyclic) bond motifs is 1. The van der Waals surface area contributed by atoms with Gasteiger partial charge in [0.15, 0.2) is 23.7 Å². The lowest BCUT2D eigenvalue weighted by Crippen LogP contribution is -2.35. The molecule has 0 radical (unpaired) electrons. The Morgan fingerprint density at radius 1 is 1.48 bits per heavy atom. The van der Waals surface area contributed by atoms with Gasteiger partial charge in [0.2, 0.25) is 0 Å². The van der Waals surface area contributed by atoms with Crippen molar-refractivity contribution in [3.05, 3.63) is 22.5 Å². The first-order valence-corrected chi connectivity index (χ1v) is 6.48. The first-order valence-electron chi connectivity index (χ1n) is 6.48. The molecule has 0 spiro atoms. The van der Waals surface area contributed by atoms with Gasteiger partial charge in [0.05, 0.1) is 12.8 Å². The van der Waals surface area contributed by atoms with Gasteiger partial charge in [-0.25, -0.2) is 9.18 Å². The Morgan fingerprint density at radius 2 is 2.14 bits per heavy atom. The number of halogens is 1. The van der Waals surface area contributed by atoms with E-state index in [1.165, 1.54) is 0 Å². The molecule has 2 aliphatic heterocycles. The Hall–Kier alpha value is -1.55. The highest BCUT2D eigenvalue weighted by Crippen LogP contribution is 2.42. The molecule has 21 heavy (non-hydrogen) atoms. The van der Waals surface area contributed by atoms with Gasteiger partial charge >= 0.3 is 5.69 Å². The molecule has 0 amide bonds. The predicted octanol–water partition coefficient (Wildman–Crippen LogP) is -0.626. The van der Waals surface area contributed by atoms with E-state index in [9.17, 15) is 14.3 Å². The Labute approximate surface area is 119 Å². The topological polar surface area (TPSA) is 109 Å². The van der Waals surface area contributed by atoms with Crippen LogP contribution < -0.4 is 11.4 Å². The summed E-state index contributed by atoms with van der Waals surface area (Å²) in [5.41, 5.74) is 4.50. The zero-order chi connectivity index (χ0) is 15.4. The highest BCUT2D eigenvalue weighted by molar-refractivity contribution is 5.26. The molecule has 1 aromatic heterocycles. The van der Waals surface area contributed by atoms with Crippen LogP contribution in [0.25, 0.3) is 0 Å². The fraction of sp³-hybridized carbons (Fsp3) is 0.667. The van der Waals surface area contributed by atoms with Gasteiger partial charge in [-0.2, -0.15) is 4.98 Å². The van der Waals surface area contributed by atoms with Crippen LogP contribution in [-0.2, 0) is 14.2 Å². The summed E-state index contributed by atoms with van der Waals surface area (Å²) in [5.74, 6) is -2.19. The molecular weight excluding hydrogens is 285 g/mol. The van der Waals surface area contributed by atoms with Gasteiger partial charge in [0.1, 0.15) is 18.3 Å². The van der Waals surface area contributed by atoms with Gasteiger partial charge < -0.3 is 25.1 Å². The van der Waals surface area contributed by atoms with Crippen molar-refractivity contribution >= 4 is 5.82 Å². The van der Waals surface area contributed by atoms with Gasteiger partial charge in [-0.15, -0.1) is 0 Å². The Bertz CT molecular complexity index is 619. The highest BCUT2D eigenvalue weighted by atomic mass is 19.1. The number of anilines is 1. The summed E-state index contributed by atoms with van der Waals surface area (Å²) < 4.78 is 31.4. The summed E-state index contributed by atoms with van der Waals surface area (Å²) in [6.45, 7) is 3.11. The van der Waals surface area contributed by atoms with E-state index in [0.29, 0.717) is 0 Å². The van der Waals surface area contributed by atoms with Gasteiger partial charge in [-0.3, -0.25) is 4.57 Å². The van der Waals surface area contributed by atoms with Crippen molar-refractivity contribution in [1.82, 2.24) is 9.55 Å². The lowest BCUT2D eigenvalue weighted by atomic mass is 10.1. The number of hydrogen-bond acceptors (Lipinski definition) is 7. The molecule has 4 atom stereocenters. The molecule has 8 nitrogen and oxygen atoms in total. The number of ether oxygens (including phenoxy) is 3. The minimum atomic E-state index is -0.941. The lowest BCUT2D eigenvalue weighted by molar-refractivity contribution is -0.200. The summed E-state index contributed by atoms with van der Waals surface area (Å²) in [4.78, 5) is 15.3. The van der Waals surface area contributed by atoms with Crippen molar-refractivity contribution in [3.63, 3.8) is 0 Å². The molecule has 0 unspecified atom stereocenters. The van der Waals surface area contributed by atoms with Crippen LogP contribution in [0.2, 0.25) is 0 Å². The van der Waals surface area contributed by atoms with Crippen molar-refractivity contribution < 1.29 is 23.7 Å². The smallest absolute Gasteiger partial charge is 0.351 e. The maximum absolute atomic E-state index is 13.6. The zero-order valence-corrected chi connectivity index (χ0v) is 11.5. The second-order valence-corrected chi connectivity index (χ2v) is 5.48. The number of nitrogens with two attached hydrogens (primary N) is 1. The first kappa shape index (κ1) is 14.4. The molecule has 0 aromatic carbocycles. The minimum Gasteiger partial charge on any atom is -0.394 e. The molecule has 9 heteroatoms. The SMILES string of the molecule is CC1(C)O[C@@H]2[C@H](O1)[C@@H](CO)O[C@H]2n1cc(F)c(N)nc1=O. The standard InChI is InChI=1S/C12H16FN3O5/c1-12(2)20-7-6(4-17)19-10(8(7)21-12)16-3-5(13)9(14)15-11(16)18/h3,6-8,10,17H,4H2,1-2H3,(H2,14,15,18)/t6-,7-,8-,10-/m1/s1. The molecule has 3 heterocycles. The lowest BCUT2D eigenvalue weighted by Gasteiger charge is -2.24. The average molecular weight is 301 g/mol. The number of aliphatic hydroxyl groups is 1. The third kappa shape index (κ3) is 2.31. The maximum atomic E-state index is 13.6. The molecule has 0 bridgehead atoms. The Kier molecular flexibility index (Phi) is 3.24. The number of nitrogens with zero attached hydrogens (tertiary/aromatic N) is 2. The Balaban J connectivity index is 1.99. The fourth-order valence-electron chi connectivity index (χ4n) is 2.67. The average Bonchev–Trinajstić information content (AvgIpc) is 2.87. The third-order valence-electron chi connectivity index (χ3n) is 3.51. The quantitative estimate of drug-likeness (QED) is 0.749. The molecule has 2 saturated heterocycles. The third-order valence-corrected chi connectivity index (χ3v) is 3.51. The van der Waals surface area contributed by atoms with Crippen LogP contribution in [0.4, 0.5) is 10.2 Å². The maximum Gasteiger partial charge on any atom is 0.351 e. The largest absolute Gasteiger partial charge is 0.394 e. The van der Waals surface area contributed by atoms with Gasteiger partial charge in [-0.1, -0.05) is 0 Å². The summed E-state index contributed by atoms with van der Waals surface area (Å²) in [7, 11) is 0. The summed E-state index contributed by atoms with van der Waals surface area (Å²) >= 11 is 0. The molecule has 0 saturated carbocycles. The van der Waals surface area contributed by atoms with Gasteiger partial charge in [0, 0.05) is 0 Å². The number of hydrogen-bond donors (Lipinski definition) is 2. The molecule has 2 aliphatic rings. The number of nitrogen functional groups attached to an aromatic ring is 1. The second-order valence-electron chi connectivity index (χ2n) is 5.48. The van der Waals surface area contributed by atoms with E-state index in [4.69, 9.17) is 19.9 Å². The molecule has 0 aliphatic carbocycles. The monoisotopic (exact) mass is 301 g/mol. The summed E-state index contributed by atoms with van der Waals surface area (Å²) in [6, 6.07) is 0. The van der Waals surface area contributed by atoms with Crippen molar-refractivity contribution in [2.24, 2.45) is 0 Å². The van der Waals surface area contributed by atoms with Crippen molar-refractivity contribution in [2.75, 3.05) is 12.3 Å². The van der Waals surface area contributed by atoms with Crippen LogP contribution >= 0.6 is 0 Å². The van der Waals surface area contributed by atoms with Gasteiger partial charge in [-0.05, 0) is 13.8 Å². The van der Waals surface area contributed by atoms with E-state index < -0.39 is 47.7 Å². The summed E-state index contributed by atoms with van der Waals surface area (Å²) in [6.07, 6.45) is -1.90. The molecule has 116 valence electrons. The first-order chi connectivity index (χ1) is 9.82. The van der Waals surface area contributed by atoms with Crippen LogP contribution in [0.3, 0.4) is 0 Å². The van der Waals surface area contributed by atoms with E-state index in [1.807, 2.05) is 0 Å². The second kappa shape index (κ2) is 4.73. The van der Waals surface area contributed by atoms with Crippen molar-refractivity contribution in [1.29, 1.82) is 0 Å². The fourth-order valence-corrected chi connectivity index (χ4v) is 2.67. The van der Waals surface area contributed by atoms with Crippen molar-refractivity contribution in [3.8, 4) is 0 Å². The zero-order valence-electron chi connectivity index (χ0n) is 11.5. The van der Waals surface area contributed by atoms with Crippen LogP contribution in [0.15, 0.2) is 11.0 Å². The van der Waals surface area contributed by atoms with Crippen LogP contribution in [0.5, 0.6) is 0 Å². The molecule has 3 rings (SSSR count). The van der Waals surface area contributed by atoms with Crippen molar-refractivity contribution in [2.45, 2.75) is 44.2 Å². The normalized spacial score (nSPS) is 34.1. The van der Waals surface area contributed by atoms with E-state index in [0.717, 1.165) is 10.8 Å². The number of aromatic nitrogens is 2. The Morgan fingerprint density at radius 3 is 2.81 bits per heavy atom. The molecule has 3 N–H and O–H groups in total. The van der Waals surface area contributed by atoms with E-state index in [2.05, 4.69) is 4.98 Å². The van der Waals surface area contributed by atoms with Crippen LogP contribution in [-0.4, -0.2) is 45.4 Å². The highest BCUT2D eigenvalue weighted by Gasteiger charge is 2.55. The molecule has 1 aromatic rings. The minimum absolute atomic E-state index is 0.309. The predicted molar refractivity (Wildman–Crippen MR) is 67.7 cm³/mol. The van der Waals surface area contributed by atoms with Gasteiger partial charge in [0.25, 0.3) is 0 Å². The van der Waals surface area contributed by atoms with E-state index in [-0.39, 0.29) is 6.61 Å². The van der Waals surface area contributed by atoms with E-state index in [1.54, 1.807) is 13.8 Å². The van der Waals surface area contributed by atoms with Crippen LogP contribution in [0.1, 0.15) is 20.1 Å². The summed E-state index contributed by atoms with van der Waals surface area (Å²) in [5, 5.41) is 9.36. The molecular formula is C12H16FN3O5. The van der Waals surface area contributed by atoms with Crippen LogP contribution in [0, 0.1) is 5.82 Å². The number of aliphatic hydroxyl groups excluding tert-OH is 1. The number of rotatable bonds is 2.